The maximum absolute atomic E-state index is 12.2. The number of H-pyrrole nitrogens is 1. The van der Waals surface area contributed by atoms with Crippen LogP contribution in [0.15, 0.2) is 24.3 Å². The van der Waals surface area contributed by atoms with Crippen molar-refractivity contribution in [3.8, 4) is 5.75 Å². The SMILES string of the molecule is CCc1[nH]nc(C(=O)Nc2ccc(OC3CNC3)cc2)c1Cl. The standard InChI is InChI=1S/C15H17ClN4O2/c1-2-12-13(16)14(20-19-12)15(21)18-9-3-5-10(6-4-9)22-11-7-17-8-11/h3-6,11,17H,2,7-8H2,1H3,(H,18,21)(H,19,20). The van der Waals surface area contributed by atoms with Gasteiger partial charge in [0.2, 0.25) is 0 Å². The van der Waals surface area contributed by atoms with Crippen molar-refractivity contribution in [3.63, 3.8) is 0 Å². The van der Waals surface area contributed by atoms with E-state index in [1.165, 1.54) is 0 Å². The summed E-state index contributed by atoms with van der Waals surface area (Å²) in [6, 6.07) is 7.25. The second-order valence-electron chi connectivity index (χ2n) is 5.09. The van der Waals surface area contributed by atoms with Gasteiger partial charge in [-0.3, -0.25) is 9.89 Å². The van der Waals surface area contributed by atoms with Crippen molar-refractivity contribution in [2.24, 2.45) is 0 Å². The maximum atomic E-state index is 12.2. The van der Waals surface area contributed by atoms with E-state index in [9.17, 15) is 4.79 Å². The Morgan fingerprint density at radius 1 is 1.41 bits per heavy atom. The van der Waals surface area contributed by atoms with Crippen molar-refractivity contribution in [2.45, 2.75) is 19.4 Å². The molecule has 0 aliphatic carbocycles. The molecule has 2 aromatic rings. The number of hydrogen-bond donors (Lipinski definition) is 3. The molecule has 1 aliphatic heterocycles. The average molecular weight is 321 g/mol. The van der Waals surface area contributed by atoms with Crippen LogP contribution in [0.25, 0.3) is 0 Å². The summed E-state index contributed by atoms with van der Waals surface area (Å²) in [5.74, 6) is 0.452. The van der Waals surface area contributed by atoms with Crippen LogP contribution in [0.4, 0.5) is 5.69 Å². The van der Waals surface area contributed by atoms with Gasteiger partial charge in [0.05, 0.1) is 10.7 Å². The third kappa shape index (κ3) is 3.08. The van der Waals surface area contributed by atoms with Crippen LogP contribution in [0.1, 0.15) is 23.1 Å². The molecular formula is C15H17ClN4O2. The molecule has 0 atom stereocenters. The lowest BCUT2D eigenvalue weighted by Crippen LogP contribution is -2.50. The summed E-state index contributed by atoms with van der Waals surface area (Å²) in [4.78, 5) is 12.2. The van der Waals surface area contributed by atoms with Crippen LogP contribution in [0, 0.1) is 0 Å². The van der Waals surface area contributed by atoms with Gasteiger partial charge in [-0.1, -0.05) is 18.5 Å². The van der Waals surface area contributed by atoms with E-state index in [1.54, 1.807) is 12.1 Å². The number of hydrogen-bond acceptors (Lipinski definition) is 4. The smallest absolute Gasteiger partial charge is 0.277 e. The monoisotopic (exact) mass is 320 g/mol. The Kier molecular flexibility index (Phi) is 4.31. The van der Waals surface area contributed by atoms with Crippen LogP contribution in [-0.4, -0.2) is 35.3 Å². The number of aromatic amines is 1. The summed E-state index contributed by atoms with van der Waals surface area (Å²) in [6.07, 6.45) is 0.928. The molecule has 1 aliphatic rings. The molecule has 1 amide bonds. The summed E-state index contributed by atoms with van der Waals surface area (Å²) < 4.78 is 5.72. The van der Waals surface area contributed by atoms with Gasteiger partial charge in [0.1, 0.15) is 11.9 Å². The van der Waals surface area contributed by atoms with E-state index < -0.39 is 0 Å². The van der Waals surface area contributed by atoms with Crippen molar-refractivity contribution < 1.29 is 9.53 Å². The van der Waals surface area contributed by atoms with Crippen LogP contribution in [0.5, 0.6) is 5.75 Å². The van der Waals surface area contributed by atoms with Gasteiger partial charge in [-0.15, -0.1) is 0 Å². The molecule has 6 nitrogen and oxygen atoms in total. The van der Waals surface area contributed by atoms with Gasteiger partial charge in [-0.2, -0.15) is 5.10 Å². The highest BCUT2D eigenvalue weighted by atomic mass is 35.5. The quantitative estimate of drug-likeness (QED) is 0.789. The lowest BCUT2D eigenvalue weighted by Gasteiger charge is -2.27. The van der Waals surface area contributed by atoms with Gasteiger partial charge in [-0.05, 0) is 30.7 Å². The van der Waals surface area contributed by atoms with Crippen molar-refractivity contribution >= 4 is 23.2 Å². The normalized spacial score (nSPS) is 14.5. The first kappa shape index (κ1) is 14.9. The Morgan fingerprint density at radius 2 is 2.14 bits per heavy atom. The summed E-state index contributed by atoms with van der Waals surface area (Å²) in [6.45, 7) is 3.68. The van der Waals surface area contributed by atoms with Crippen LogP contribution in [-0.2, 0) is 6.42 Å². The minimum atomic E-state index is -0.335. The molecule has 1 aromatic carbocycles. The van der Waals surface area contributed by atoms with E-state index in [0.29, 0.717) is 17.1 Å². The number of anilines is 1. The zero-order chi connectivity index (χ0) is 15.5. The van der Waals surface area contributed by atoms with Gasteiger partial charge < -0.3 is 15.4 Å². The minimum Gasteiger partial charge on any atom is -0.488 e. The van der Waals surface area contributed by atoms with Crippen molar-refractivity contribution in [2.75, 3.05) is 18.4 Å². The molecule has 0 spiro atoms. The van der Waals surface area contributed by atoms with Gasteiger partial charge in [0.15, 0.2) is 5.69 Å². The van der Waals surface area contributed by atoms with E-state index in [4.69, 9.17) is 16.3 Å². The summed E-state index contributed by atoms with van der Waals surface area (Å²) in [5, 5.41) is 13.0. The first-order valence-electron chi connectivity index (χ1n) is 7.19. The van der Waals surface area contributed by atoms with E-state index in [-0.39, 0.29) is 17.7 Å². The number of carbonyl (C=O) groups is 1. The molecule has 3 N–H and O–H groups in total. The Bertz CT molecular complexity index is 665. The molecule has 1 fully saturated rings. The number of nitrogens with zero attached hydrogens (tertiary/aromatic N) is 1. The predicted octanol–water partition coefficient (Wildman–Crippen LogP) is 2.23. The fraction of sp³-hybridized carbons (Fsp3) is 0.333. The minimum absolute atomic E-state index is 0.208. The second kappa shape index (κ2) is 6.37. The molecule has 1 saturated heterocycles. The number of benzene rings is 1. The molecule has 0 saturated carbocycles. The Labute approximate surface area is 133 Å². The Balaban J connectivity index is 1.64. The number of carbonyl (C=O) groups excluding carboxylic acids is 1. The number of nitrogens with one attached hydrogen (secondary N) is 3. The molecule has 0 bridgehead atoms. The number of amides is 1. The van der Waals surface area contributed by atoms with Crippen LogP contribution < -0.4 is 15.4 Å². The second-order valence-corrected chi connectivity index (χ2v) is 5.47. The lowest BCUT2D eigenvalue weighted by molar-refractivity contribution is 0.102. The Hall–Kier alpha value is -2.05. The molecule has 7 heteroatoms. The van der Waals surface area contributed by atoms with E-state index in [2.05, 4.69) is 20.8 Å². The van der Waals surface area contributed by atoms with E-state index >= 15 is 0 Å². The average Bonchev–Trinajstić information content (AvgIpc) is 2.85. The number of aryl methyl sites for hydroxylation is 1. The number of aromatic nitrogens is 2. The molecule has 116 valence electrons. The van der Waals surface area contributed by atoms with Crippen molar-refractivity contribution in [1.82, 2.24) is 15.5 Å². The topological polar surface area (TPSA) is 79.0 Å². The zero-order valence-electron chi connectivity index (χ0n) is 12.1. The van der Waals surface area contributed by atoms with E-state index in [1.807, 2.05) is 19.1 Å². The summed E-state index contributed by atoms with van der Waals surface area (Å²) in [7, 11) is 0. The summed E-state index contributed by atoms with van der Waals surface area (Å²) >= 11 is 6.11. The highest BCUT2D eigenvalue weighted by Gasteiger charge is 2.19. The Morgan fingerprint density at radius 3 is 2.68 bits per heavy atom. The molecular weight excluding hydrogens is 304 g/mol. The fourth-order valence-corrected chi connectivity index (χ4v) is 2.40. The van der Waals surface area contributed by atoms with Crippen LogP contribution >= 0.6 is 11.6 Å². The van der Waals surface area contributed by atoms with Crippen LogP contribution in [0.3, 0.4) is 0 Å². The maximum Gasteiger partial charge on any atom is 0.277 e. The first-order chi connectivity index (χ1) is 10.7. The zero-order valence-corrected chi connectivity index (χ0v) is 12.9. The largest absolute Gasteiger partial charge is 0.488 e. The highest BCUT2D eigenvalue weighted by Crippen LogP contribution is 2.21. The first-order valence-corrected chi connectivity index (χ1v) is 7.56. The van der Waals surface area contributed by atoms with Crippen LogP contribution in [0.2, 0.25) is 5.02 Å². The third-order valence-electron chi connectivity index (χ3n) is 3.50. The van der Waals surface area contributed by atoms with Gasteiger partial charge in [0, 0.05) is 18.8 Å². The third-order valence-corrected chi connectivity index (χ3v) is 3.91. The highest BCUT2D eigenvalue weighted by molar-refractivity contribution is 6.34. The van der Waals surface area contributed by atoms with Gasteiger partial charge >= 0.3 is 0 Å². The number of halogens is 1. The predicted molar refractivity (Wildman–Crippen MR) is 84.7 cm³/mol. The lowest BCUT2D eigenvalue weighted by atomic mass is 10.2. The molecule has 3 rings (SSSR count). The number of rotatable bonds is 5. The molecule has 0 radical (unpaired) electrons. The number of ether oxygens (including phenoxy) is 1. The molecule has 0 unspecified atom stereocenters. The summed E-state index contributed by atoms with van der Waals surface area (Å²) in [5.41, 5.74) is 1.63. The van der Waals surface area contributed by atoms with Crippen molar-refractivity contribution in [1.29, 1.82) is 0 Å². The molecule has 1 aromatic heterocycles. The van der Waals surface area contributed by atoms with Crippen molar-refractivity contribution in [3.05, 3.63) is 40.7 Å². The van der Waals surface area contributed by atoms with Gasteiger partial charge in [-0.25, -0.2) is 0 Å². The molecule has 2 heterocycles. The van der Waals surface area contributed by atoms with Gasteiger partial charge in [0.25, 0.3) is 5.91 Å². The fourth-order valence-electron chi connectivity index (χ4n) is 2.09. The molecule has 22 heavy (non-hydrogen) atoms. The van der Waals surface area contributed by atoms with E-state index in [0.717, 1.165) is 24.5 Å².